The van der Waals surface area contributed by atoms with E-state index >= 15 is 0 Å². The highest BCUT2D eigenvalue weighted by Crippen LogP contribution is 2.13. The summed E-state index contributed by atoms with van der Waals surface area (Å²) in [6, 6.07) is 6.08. The molecular weight excluding hydrogens is 255 g/mol. The van der Waals surface area contributed by atoms with Gasteiger partial charge in [-0.2, -0.15) is 0 Å². The second-order valence-electron chi connectivity index (χ2n) is 5.60. The van der Waals surface area contributed by atoms with Crippen LogP contribution in [0.25, 0.3) is 0 Å². The Morgan fingerprint density at radius 1 is 1.45 bits per heavy atom. The molecule has 1 fully saturated rings. The van der Waals surface area contributed by atoms with Gasteiger partial charge in [-0.15, -0.1) is 0 Å². The number of nitrogens with zero attached hydrogens (tertiary/aromatic N) is 1. The summed E-state index contributed by atoms with van der Waals surface area (Å²) in [4.78, 5) is 2.34. The number of hydrogen-bond donors (Lipinski definition) is 1. The molecule has 0 aliphatic carbocycles. The molecule has 1 atom stereocenters. The van der Waals surface area contributed by atoms with Gasteiger partial charge < -0.3 is 10.1 Å². The molecule has 1 unspecified atom stereocenters. The molecule has 1 heterocycles. The van der Waals surface area contributed by atoms with E-state index in [9.17, 15) is 4.39 Å². The first-order chi connectivity index (χ1) is 9.69. The molecule has 0 bridgehead atoms. The molecule has 0 spiro atoms. The number of nitrogens with one attached hydrogen (secondary N) is 1. The van der Waals surface area contributed by atoms with Crippen LogP contribution in [0.2, 0.25) is 0 Å². The molecule has 0 amide bonds. The van der Waals surface area contributed by atoms with E-state index in [-0.39, 0.29) is 5.82 Å². The molecule has 0 radical (unpaired) electrons. The molecular formula is C16H25FN2O. The third-order valence-electron chi connectivity index (χ3n) is 3.90. The van der Waals surface area contributed by atoms with Crippen LogP contribution in [0, 0.1) is 12.7 Å². The average molecular weight is 280 g/mol. The molecule has 1 saturated heterocycles. The number of ether oxygens (including phenoxy) is 1. The topological polar surface area (TPSA) is 24.5 Å². The predicted octanol–water partition coefficient (Wildman–Crippen LogP) is 2.33. The molecule has 3 nitrogen and oxygen atoms in total. The highest BCUT2D eigenvalue weighted by atomic mass is 19.1. The van der Waals surface area contributed by atoms with E-state index in [0.29, 0.717) is 18.2 Å². The van der Waals surface area contributed by atoms with Gasteiger partial charge in [0.05, 0.1) is 6.61 Å². The van der Waals surface area contributed by atoms with Crippen LogP contribution in [0.3, 0.4) is 0 Å². The van der Waals surface area contributed by atoms with Crippen molar-refractivity contribution in [3.05, 3.63) is 35.1 Å². The molecule has 2 rings (SSSR count). The lowest BCUT2D eigenvalue weighted by atomic mass is 10.1. The maximum atomic E-state index is 13.6. The van der Waals surface area contributed by atoms with Crippen molar-refractivity contribution in [3.63, 3.8) is 0 Å². The zero-order valence-corrected chi connectivity index (χ0v) is 12.5. The van der Waals surface area contributed by atoms with Crippen molar-refractivity contribution in [1.29, 1.82) is 0 Å². The van der Waals surface area contributed by atoms with E-state index in [2.05, 4.69) is 10.2 Å². The van der Waals surface area contributed by atoms with Gasteiger partial charge in [-0.1, -0.05) is 12.1 Å². The summed E-state index contributed by atoms with van der Waals surface area (Å²) in [6.07, 6.45) is 2.48. The van der Waals surface area contributed by atoms with Gasteiger partial charge in [0, 0.05) is 32.8 Å². The largest absolute Gasteiger partial charge is 0.383 e. The standard InChI is InChI=1S/C16H25FN2O/c1-13-5-6-14(10-16(13)17)11-19(8-9-20-2)12-15-4-3-7-18-15/h5-6,10,15,18H,3-4,7-9,11-12H2,1-2H3. The van der Waals surface area contributed by atoms with Gasteiger partial charge in [-0.05, 0) is 43.5 Å². The van der Waals surface area contributed by atoms with Crippen LogP contribution >= 0.6 is 0 Å². The molecule has 1 N–H and O–H groups in total. The monoisotopic (exact) mass is 280 g/mol. The van der Waals surface area contributed by atoms with Gasteiger partial charge in [-0.25, -0.2) is 4.39 Å². The van der Waals surface area contributed by atoms with Crippen molar-refractivity contribution in [1.82, 2.24) is 10.2 Å². The van der Waals surface area contributed by atoms with Crippen LogP contribution in [0.4, 0.5) is 4.39 Å². The van der Waals surface area contributed by atoms with Crippen LogP contribution in [0.15, 0.2) is 18.2 Å². The minimum atomic E-state index is -0.117. The number of benzene rings is 1. The Balaban J connectivity index is 1.95. The zero-order chi connectivity index (χ0) is 14.4. The van der Waals surface area contributed by atoms with Gasteiger partial charge >= 0.3 is 0 Å². The second kappa shape index (κ2) is 7.72. The normalized spacial score (nSPS) is 18.9. The molecule has 112 valence electrons. The van der Waals surface area contributed by atoms with Gasteiger partial charge in [0.25, 0.3) is 0 Å². The third kappa shape index (κ3) is 4.54. The summed E-state index contributed by atoms with van der Waals surface area (Å²) in [7, 11) is 1.72. The minimum Gasteiger partial charge on any atom is -0.383 e. The first kappa shape index (κ1) is 15.4. The SMILES string of the molecule is COCCN(Cc1ccc(C)c(F)c1)CC1CCCN1. The second-order valence-corrected chi connectivity index (χ2v) is 5.60. The van der Waals surface area contributed by atoms with Gasteiger partial charge in [0.2, 0.25) is 0 Å². The Labute approximate surface area is 121 Å². The van der Waals surface area contributed by atoms with Crippen molar-refractivity contribution in [2.24, 2.45) is 0 Å². The van der Waals surface area contributed by atoms with Crippen LogP contribution in [0.1, 0.15) is 24.0 Å². The maximum Gasteiger partial charge on any atom is 0.126 e. The summed E-state index contributed by atoms with van der Waals surface area (Å²) < 4.78 is 18.8. The van der Waals surface area contributed by atoms with E-state index < -0.39 is 0 Å². The Morgan fingerprint density at radius 2 is 2.30 bits per heavy atom. The van der Waals surface area contributed by atoms with E-state index in [1.165, 1.54) is 12.8 Å². The fourth-order valence-corrected chi connectivity index (χ4v) is 2.67. The number of aryl methyl sites for hydroxylation is 1. The minimum absolute atomic E-state index is 0.117. The zero-order valence-electron chi connectivity index (χ0n) is 12.5. The lowest BCUT2D eigenvalue weighted by molar-refractivity contribution is 0.138. The van der Waals surface area contributed by atoms with Gasteiger partial charge in [0.15, 0.2) is 0 Å². The molecule has 1 aliphatic heterocycles. The summed E-state index contributed by atoms with van der Waals surface area (Å²) in [6.45, 7) is 6.27. The highest BCUT2D eigenvalue weighted by Gasteiger charge is 2.18. The summed E-state index contributed by atoms with van der Waals surface area (Å²) in [5.74, 6) is -0.117. The molecule has 0 aromatic heterocycles. The van der Waals surface area contributed by atoms with Crippen LogP contribution in [-0.2, 0) is 11.3 Å². The van der Waals surface area contributed by atoms with E-state index in [0.717, 1.165) is 31.7 Å². The first-order valence-corrected chi connectivity index (χ1v) is 7.38. The van der Waals surface area contributed by atoms with E-state index in [1.807, 2.05) is 12.1 Å². The smallest absolute Gasteiger partial charge is 0.126 e. The van der Waals surface area contributed by atoms with Crippen LogP contribution in [0.5, 0.6) is 0 Å². The summed E-state index contributed by atoms with van der Waals surface area (Å²) >= 11 is 0. The van der Waals surface area contributed by atoms with Crippen molar-refractivity contribution >= 4 is 0 Å². The fraction of sp³-hybridized carbons (Fsp3) is 0.625. The Hall–Kier alpha value is -0.970. The Morgan fingerprint density at radius 3 is 2.95 bits per heavy atom. The van der Waals surface area contributed by atoms with E-state index in [1.54, 1.807) is 20.1 Å². The number of rotatable bonds is 7. The van der Waals surface area contributed by atoms with Crippen LogP contribution in [-0.4, -0.2) is 44.3 Å². The fourth-order valence-electron chi connectivity index (χ4n) is 2.67. The van der Waals surface area contributed by atoms with Gasteiger partial charge in [0.1, 0.15) is 5.82 Å². The van der Waals surface area contributed by atoms with Crippen molar-refractivity contribution in [2.45, 2.75) is 32.4 Å². The molecule has 1 aromatic carbocycles. The van der Waals surface area contributed by atoms with Gasteiger partial charge in [-0.3, -0.25) is 4.90 Å². The highest BCUT2D eigenvalue weighted by molar-refractivity contribution is 5.23. The number of halogens is 1. The lowest BCUT2D eigenvalue weighted by Crippen LogP contribution is -2.38. The predicted molar refractivity (Wildman–Crippen MR) is 79.3 cm³/mol. The molecule has 1 aromatic rings. The van der Waals surface area contributed by atoms with E-state index in [4.69, 9.17) is 4.74 Å². The van der Waals surface area contributed by atoms with Crippen molar-refractivity contribution < 1.29 is 9.13 Å². The Kier molecular flexibility index (Phi) is 5.95. The first-order valence-electron chi connectivity index (χ1n) is 7.38. The number of methoxy groups -OCH3 is 1. The lowest BCUT2D eigenvalue weighted by Gasteiger charge is -2.25. The number of hydrogen-bond acceptors (Lipinski definition) is 3. The third-order valence-corrected chi connectivity index (χ3v) is 3.90. The quantitative estimate of drug-likeness (QED) is 0.829. The molecule has 1 aliphatic rings. The molecule has 0 saturated carbocycles. The molecule has 20 heavy (non-hydrogen) atoms. The van der Waals surface area contributed by atoms with Crippen molar-refractivity contribution in [2.75, 3.05) is 33.4 Å². The average Bonchev–Trinajstić information content (AvgIpc) is 2.93. The maximum absolute atomic E-state index is 13.6. The van der Waals surface area contributed by atoms with Crippen molar-refractivity contribution in [3.8, 4) is 0 Å². The molecule has 4 heteroatoms. The van der Waals surface area contributed by atoms with Crippen LogP contribution < -0.4 is 5.32 Å². The summed E-state index contributed by atoms with van der Waals surface area (Å²) in [5, 5.41) is 3.51. The Bertz CT molecular complexity index is 419. The summed E-state index contributed by atoms with van der Waals surface area (Å²) in [5.41, 5.74) is 1.73.